The second kappa shape index (κ2) is 7.46. The molecule has 0 aliphatic rings. The van der Waals surface area contributed by atoms with Gasteiger partial charge in [0, 0.05) is 6.61 Å². The van der Waals surface area contributed by atoms with Gasteiger partial charge in [-0.3, -0.25) is 0 Å². The topological polar surface area (TPSA) is 21.3 Å². The Morgan fingerprint density at radius 2 is 1.76 bits per heavy atom. The molecule has 2 unspecified atom stereocenters. The lowest BCUT2D eigenvalue weighted by molar-refractivity contribution is 0.0318. The van der Waals surface area contributed by atoms with Gasteiger partial charge in [-0.15, -0.1) is 0 Å². The van der Waals surface area contributed by atoms with Crippen LogP contribution in [0, 0.1) is 6.92 Å². The number of rotatable bonds is 7. The third-order valence-corrected chi connectivity index (χ3v) is 3.02. The summed E-state index contributed by atoms with van der Waals surface area (Å²) in [4.78, 5) is 0. The molecule has 1 rings (SSSR count). The highest BCUT2D eigenvalue weighted by Crippen LogP contribution is 2.22. The number of likely N-dealkylation sites (N-methyl/N-ethyl adjacent to an activating group) is 1. The van der Waals surface area contributed by atoms with Crippen LogP contribution in [0.3, 0.4) is 0 Å². The average molecular weight is 235 g/mol. The molecule has 2 heteroatoms. The van der Waals surface area contributed by atoms with E-state index in [9.17, 15) is 0 Å². The molecule has 96 valence electrons. The van der Waals surface area contributed by atoms with Gasteiger partial charge in [0.1, 0.15) is 0 Å². The van der Waals surface area contributed by atoms with Crippen molar-refractivity contribution in [2.45, 2.75) is 46.3 Å². The quantitative estimate of drug-likeness (QED) is 0.781. The van der Waals surface area contributed by atoms with Crippen LogP contribution in [0.15, 0.2) is 24.3 Å². The maximum Gasteiger partial charge on any atom is 0.0766 e. The molecule has 0 fully saturated rings. The van der Waals surface area contributed by atoms with Gasteiger partial charge in [-0.25, -0.2) is 0 Å². The van der Waals surface area contributed by atoms with Gasteiger partial charge in [-0.05, 0) is 32.4 Å². The maximum atomic E-state index is 5.83. The van der Waals surface area contributed by atoms with Gasteiger partial charge in [0.15, 0.2) is 0 Å². The summed E-state index contributed by atoms with van der Waals surface area (Å²) in [5, 5.41) is 3.53. The Labute approximate surface area is 105 Å². The minimum Gasteiger partial charge on any atom is -0.377 e. The predicted molar refractivity (Wildman–Crippen MR) is 73.3 cm³/mol. The van der Waals surface area contributed by atoms with Crippen molar-refractivity contribution < 1.29 is 4.74 Å². The van der Waals surface area contributed by atoms with Crippen LogP contribution in [0.2, 0.25) is 0 Å². The van der Waals surface area contributed by atoms with E-state index in [1.165, 1.54) is 11.1 Å². The Bertz CT molecular complexity index is 307. The molecule has 2 nitrogen and oxygen atoms in total. The van der Waals surface area contributed by atoms with Crippen LogP contribution in [0.1, 0.15) is 44.4 Å². The van der Waals surface area contributed by atoms with Gasteiger partial charge < -0.3 is 10.1 Å². The summed E-state index contributed by atoms with van der Waals surface area (Å²) < 4.78 is 5.83. The number of ether oxygens (including phenoxy) is 1. The fourth-order valence-electron chi connectivity index (χ4n) is 2.12. The van der Waals surface area contributed by atoms with Crippen LogP contribution in [-0.4, -0.2) is 19.3 Å². The predicted octanol–water partition coefficient (Wildman–Crippen LogP) is 3.46. The van der Waals surface area contributed by atoms with Gasteiger partial charge in [-0.2, -0.15) is 0 Å². The fraction of sp³-hybridized carbons (Fsp3) is 0.600. The third kappa shape index (κ3) is 4.14. The van der Waals surface area contributed by atoms with E-state index in [0.29, 0.717) is 6.04 Å². The van der Waals surface area contributed by atoms with E-state index < -0.39 is 0 Å². The van der Waals surface area contributed by atoms with Crippen molar-refractivity contribution in [3.05, 3.63) is 35.4 Å². The van der Waals surface area contributed by atoms with Gasteiger partial charge in [0.25, 0.3) is 0 Å². The van der Waals surface area contributed by atoms with Crippen LogP contribution in [0.25, 0.3) is 0 Å². The summed E-state index contributed by atoms with van der Waals surface area (Å²) in [5.41, 5.74) is 2.62. The van der Waals surface area contributed by atoms with Crippen molar-refractivity contribution in [2.75, 3.05) is 13.2 Å². The fourth-order valence-corrected chi connectivity index (χ4v) is 2.12. The molecular formula is C15H25NO. The highest BCUT2D eigenvalue weighted by atomic mass is 16.5. The lowest BCUT2D eigenvalue weighted by Crippen LogP contribution is -2.33. The Balaban J connectivity index is 2.86. The van der Waals surface area contributed by atoms with Crippen molar-refractivity contribution >= 4 is 0 Å². The molecule has 0 amide bonds. The van der Waals surface area contributed by atoms with Crippen molar-refractivity contribution in [3.63, 3.8) is 0 Å². The second-order valence-electron chi connectivity index (χ2n) is 4.35. The Morgan fingerprint density at radius 1 is 1.12 bits per heavy atom. The minimum atomic E-state index is 0.252. The normalized spacial score (nSPS) is 14.6. The first kappa shape index (κ1) is 14.2. The van der Waals surface area contributed by atoms with E-state index in [-0.39, 0.29) is 6.10 Å². The molecule has 0 aromatic heterocycles. The van der Waals surface area contributed by atoms with Crippen LogP contribution < -0.4 is 5.32 Å². The monoisotopic (exact) mass is 235 g/mol. The lowest BCUT2D eigenvalue weighted by Gasteiger charge is -2.27. The van der Waals surface area contributed by atoms with E-state index in [4.69, 9.17) is 4.74 Å². The average Bonchev–Trinajstić information content (AvgIpc) is 2.35. The largest absolute Gasteiger partial charge is 0.377 e. The van der Waals surface area contributed by atoms with Gasteiger partial charge in [0.05, 0.1) is 12.1 Å². The minimum absolute atomic E-state index is 0.252. The summed E-state index contributed by atoms with van der Waals surface area (Å²) >= 11 is 0. The first-order valence-electron chi connectivity index (χ1n) is 6.64. The second-order valence-corrected chi connectivity index (χ2v) is 4.35. The molecule has 1 aromatic carbocycles. The van der Waals surface area contributed by atoms with Crippen molar-refractivity contribution in [1.82, 2.24) is 5.32 Å². The van der Waals surface area contributed by atoms with E-state index >= 15 is 0 Å². The summed E-state index contributed by atoms with van der Waals surface area (Å²) in [6.07, 6.45) is 1.28. The van der Waals surface area contributed by atoms with Crippen molar-refractivity contribution in [2.24, 2.45) is 0 Å². The number of hydrogen-bond donors (Lipinski definition) is 1. The highest BCUT2D eigenvalue weighted by molar-refractivity contribution is 5.25. The molecular weight excluding hydrogens is 210 g/mol. The number of hydrogen-bond acceptors (Lipinski definition) is 2. The Kier molecular flexibility index (Phi) is 6.23. The zero-order valence-electron chi connectivity index (χ0n) is 11.5. The summed E-state index contributed by atoms with van der Waals surface area (Å²) in [7, 11) is 0. The Hall–Kier alpha value is -0.860. The lowest BCUT2D eigenvalue weighted by atomic mass is 9.98. The first-order valence-corrected chi connectivity index (χ1v) is 6.64. The van der Waals surface area contributed by atoms with Gasteiger partial charge in [-0.1, -0.05) is 43.7 Å². The third-order valence-electron chi connectivity index (χ3n) is 3.02. The molecule has 0 radical (unpaired) electrons. The molecule has 0 spiro atoms. The van der Waals surface area contributed by atoms with E-state index in [1.54, 1.807) is 0 Å². The summed E-state index contributed by atoms with van der Waals surface area (Å²) in [6.45, 7) is 10.2. The SMILES string of the molecule is CCNC(c1ccc(C)cc1)C(CC)OCC. The number of benzene rings is 1. The zero-order chi connectivity index (χ0) is 12.7. The van der Waals surface area contributed by atoms with Crippen LogP contribution in [0.5, 0.6) is 0 Å². The van der Waals surface area contributed by atoms with Gasteiger partial charge in [0.2, 0.25) is 0 Å². The molecule has 17 heavy (non-hydrogen) atoms. The summed E-state index contributed by atoms with van der Waals surface area (Å²) in [5.74, 6) is 0. The van der Waals surface area contributed by atoms with Crippen molar-refractivity contribution in [3.8, 4) is 0 Å². The van der Waals surface area contributed by atoms with E-state index in [1.807, 2.05) is 0 Å². The number of nitrogens with one attached hydrogen (secondary N) is 1. The van der Waals surface area contributed by atoms with Crippen molar-refractivity contribution in [1.29, 1.82) is 0 Å². The molecule has 0 aliphatic carbocycles. The maximum absolute atomic E-state index is 5.83. The zero-order valence-corrected chi connectivity index (χ0v) is 11.5. The molecule has 0 aliphatic heterocycles. The molecule has 0 saturated heterocycles. The van der Waals surface area contributed by atoms with Crippen LogP contribution >= 0.6 is 0 Å². The number of aryl methyl sites for hydroxylation is 1. The standard InChI is InChI=1S/C15H25NO/c1-5-14(17-7-3)15(16-6-2)13-10-8-12(4)9-11-13/h8-11,14-16H,5-7H2,1-4H3. The smallest absolute Gasteiger partial charge is 0.0766 e. The molecule has 1 aromatic rings. The first-order chi connectivity index (χ1) is 8.22. The van der Waals surface area contributed by atoms with E-state index in [2.05, 4.69) is 57.3 Å². The summed E-state index contributed by atoms with van der Waals surface area (Å²) in [6, 6.07) is 9.02. The van der Waals surface area contributed by atoms with Crippen LogP contribution in [-0.2, 0) is 4.74 Å². The Morgan fingerprint density at radius 3 is 2.24 bits per heavy atom. The molecule has 1 N–H and O–H groups in total. The molecule has 2 atom stereocenters. The molecule has 0 saturated carbocycles. The van der Waals surface area contributed by atoms with Crippen LogP contribution in [0.4, 0.5) is 0 Å². The van der Waals surface area contributed by atoms with Gasteiger partial charge >= 0.3 is 0 Å². The molecule has 0 bridgehead atoms. The van der Waals surface area contributed by atoms with E-state index in [0.717, 1.165) is 19.6 Å². The highest BCUT2D eigenvalue weighted by Gasteiger charge is 2.20. The molecule has 0 heterocycles.